The number of amides is 1. The van der Waals surface area contributed by atoms with Crippen molar-refractivity contribution in [3.05, 3.63) is 24.3 Å². The van der Waals surface area contributed by atoms with E-state index in [9.17, 15) is 4.79 Å². The van der Waals surface area contributed by atoms with Crippen molar-refractivity contribution in [3.8, 4) is 17.1 Å². The lowest BCUT2D eigenvalue weighted by Gasteiger charge is -2.10. The first-order valence-electron chi connectivity index (χ1n) is 7.32. The van der Waals surface area contributed by atoms with E-state index in [2.05, 4.69) is 15.5 Å². The number of hydrogen-bond donors (Lipinski definition) is 2. The lowest BCUT2D eigenvalue weighted by Crippen LogP contribution is -2.33. The fourth-order valence-corrected chi connectivity index (χ4v) is 2.53. The molecule has 0 fully saturated rings. The topological polar surface area (TPSA) is 95.1 Å². The summed E-state index contributed by atoms with van der Waals surface area (Å²) in [5, 5.41) is 11.5. The lowest BCUT2D eigenvalue weighted by atomic mass is 10.2. The number of methoxy groups -OCH3 is 1. The Morgan fingerprint density at radius 3 is 2.70 bits per heavy atom. The van der Waals surface area contributed by atoms with Gasteiger partial charge in [-0.25, -0.2) is 4.68 Å². The predicted molar refractivity (Wildman–Crippen MR) is 90.8 cm³/mol. The molecule has 0 aliphatic heterocycles. The summed E-state index contributed by atoms with van der Waals surface area (Å²) < 4.78 is 6.52. The van der Waals surface area contributed by atoms with Gasteiger partial charge in [0, 0.05) is 11.6 Å². The van der Waals surface area contributed by atoms with E-state index in [1.165, 1.54) is 16.4 Å². The van der Waals surface area contributed by atoms with Gasteiger partial charge in [-0.15, -0.1) is 10.2 Å². The fraction of sp³-hybridized carbons (Fsp3) is 0.400. The van der Waals surface area contributed by atoms with Gasteiger partial charge in [-0.1, -0.05) is 18.7 Å². The molecule has 0 aliphatic rings. The first kappa shape index (κ1) is 17.1. The Morgan fingerprint density at radius 2 is 2.09 bits per heavy atom. The molecule has 1 atom stereocenters. The molecule has 7 nitrogen and oxygen atoms in total. The smallest absolute Gasteiger partial charge is 0.230 e. The van der Waals surface area contributed by atoms with E-state index in [4.69, 9.17) is 10.6 Å². The molecule has 0 bridgehead atoms. The summed E-state index contributed by atoms with van der Waals surface area (Å²) in [6, 6.07) is 7.54. The van der Waals surface area contributed by atoms with Gasteiger partial charge in [-0.2, -0.15) is 0 Å². The van der Waals surface area contributed by atoms with Crippen LogP contribution in [0.5, 0.6) is 5.75 Å². The normalized spacial score (nSPS) is 12.0. The zero-order valence-corrected chi connectivity index (χ0v) is 14.3. The first-order chi connectivity index (χ1) is 11.0. The zero-order chi connectivity index (χ0) is 16.8. The molecular formula is C15H21N5O2S. The van der Waals surface area contributed by atoms with Gasteiger partial charge in [-0.3, -0.25) is 4.79 Å². The molecule has 1 amide bonds. The molecule has 3 N–H and O–H groups in total. The maximum atomic E-state index is 11.8. The molecule has 0 saturated carbocycles. The Hall–Kier alpha value is -2.22. The number of nitrogens with one attached hydrogen (secondary N) is 1. The van der Waals surface area contributed by atoms with Crippen molar-refractivity contribution in [1.29, 1.82) is 0 Å². The summed E-state index contributed by atoms with van der Waals surface area (Å²) in [6.45, 7) is 3.99. The van der Waals surface area contributed by atoms with Crippen LogP contribution >= 0.6 is 11.8 Å². The van der Waals surface area contributed by atoms with Crippen LogP contribution in [-0.4, -0.2) is 39.7 Å². The molecule has 124 valence electrons. The number of aromatic nitrogens is 3. The van der Waals surface area contributed by atoms with Crippen molar-refractivity contribution >= 4 is 17.7 Å². The second-order valence-corrected chi connectivity index (χ2v) is 6.01. The average molecular weight is 335 g/mol. The summed E-state index contributed by atoms with van der Waals surface area (Å²) in [5.74, 6) is 7.53. The summed E-state index contributed by atoms with van der Waals surface area (Å²) in [5.41, 5.74) is 0.830. The molecular weight excluding hydrogens is 314 g/mol. The highest BCUT2D eigenvalue weighted by molar-refractivity contribution is 7.99. The highest BCUT2D eigenvalue weighted by atomic mass is 32.2. The highest BCUT2D eigenvalue weighted by Crippen LogP contribution is 2.23. The molecule has 2 rings (SSSR count). The van der Waals surface area contributed by atoms with E-state index < -0.39 is 0 Å². The number of benzene rings is 1. The largest absolute Gasteiger partial charge is 0.497 e. The Morgan fingerprint density at radius 1 is 1.39 bits per heavy atom. The monoisotopic (exact) mass is 335 g/mol. The molecule has 0 unspecified atom stereocenters. The van der Waals surface area contributed by atoms with Crippen molar-refractivity contribution in [2.75, 3.05) is 18.7 Å². The first-order valence-corrected chi connectivity index (χ1v) is 8.30. The minimum absolute atomic E-state index is 0.0432. The number of carbonyl (C=O) groups excluding carboxylic acids is 1. The number of rotatable bonds is 7. The Kier molecular flexibility index (Phi) is 5.86. The maximum absolute atomic E-state index is 11.8. The molecule has 1 aromatic heterocycles. The lowest BCUT2D eigenvalue weighted by molar-refractivity contribution is -0.119. The van der Waals surface area contributed by atoms with Crippen LogP contribution in [0.4, 0.5) is 0 Å². The van der Waals surface area contributed by atoms with Gasteiger partial charge in [0.25, 0.3) is 0 Å². The maximum Gasteiger partial charge on any atom is 0.230 e. The van der Waals surface area contributed by atoms with Crippen LogP contribution in [0.2, 0.25) is 0 Å². The van der Waals surface area contributed by atoms with Crippen molar-refractivity contribution in [3.63, 3.8) is 0 Å². The molecule has 1 aromatic carbocycles. The third-order valence-electron chi connectivity index (χ3n) is 3.36. The molecule has 0 saturated heterocycles. The minimum atomic E-state index is -0.0432. The van der Waals surface area contributed by atoms with Gasteiger partial charge in [0.05, 0.1) is 12.9 Å². The van der Waals surface area contributed by atoms with Crippen LogP contribution in [0, 0.1) is 0 Å². The van der Waals surface area contributed by atoms with E-state index in [-0.39, 0.29) is 17.7 Å². The fourth-order valence-electron chi connectivity index (χ4n) is 1.86. The third kappa shape index (κ3) is 4.38. The molecule has 0 spiro atoms. The number of nitrogen functional groups attached to an aromatic ring is 1. The van der Waals surface area contributed by atoms with Gasteiger partial charge in [0.15, 0.2) is 5.82 Å². The SMILES string of the molecule is CC[C@H](C)NC(=O)CSc1nnc(-c2ccc(OC)cc2)n1N. The predicted octanol–water partition coefficient (Wildman–Crippen LogP) is 1.67. The number of nitrogens with zero attached hydrogens (tertiary/aromatic N) is 3. The summed E-state index contributed by atoms with van der Waals surface area (Å²) >= 11 is 1.26. The van der Waals surface area contributed by atoms with Gasteiger partial charge < -0.3 is 15.9 Å². The van der Waals surface area contributed by atoms with E-state index in [1.54, 1.807) is 7.11 Å². The molecule has 1 heterocycles. The van der Waals surface area contributed by atoms with Crippen molar-refractivity contribution < 1.29 is 9.53 Å². The van der Waals surface area contributed by atoms with Crippen LogP contribution in [0.25, 0.3) is 11.4 Å². The second kappa shape index (κ2) is 7.87. The van der Waals surface area contributed by atoms with Crippen LogP contribution in [0.15, 0.2) is 29.4 Å². The van der Waals surface area contributed by atoms with Crippen LogP contribution in [0.3, 0.4) is 0 Å². The van der Waals surface area contributed by atoms with E-state index in [0.717, 1.165) is 17.7 Å². The molecule has 8 heteroatoms. The number of ether oxygens (including phenoxy) is 1. The van der Waals surface area contributed by atoms with Crippen LogP contribution in [-0.2, 0) is 4.79 Å². The van der Waals surface area contributed by atoms with E-state index >= 15 is 0 Å². The number of nitrogens with two attached hydrogens (primary N) is 1. The van der Waals surface area contributed by atoms with E-state index in [1.807, 2.05) is 38.1 Å². The Labute approximate surface area is 139 Å². The standard InChI is InChI=1S/C15H21N5O2S/c1-4-10(2)17-13(21)9-23-15-19-18-14(20(15)16)11-5-7-12(22-3)8-6-11/h5-8,10H,4,9,16H2,1-3H3,(H,17,21)/t10-/m0/s1. The zero-order valence-electron chi connectivity index (χ0n) is 13.4. The summed E-state index contributed by atoms with van der Waals surface area (Å²) in [7, 11) is 1.61. The molecule has 23 heavy (non-hydrogen) atoms. The van der Waals surface area contributed by atoms with Crippen molar-refractivity contribution in [2.24, 2.45) is 0 Å². The van der Waals surface area contributed by atoms with Crippen molar-refractivity contribution in [1.82, 2.24) is 20.2 Å². The molecule has 0 aliphatic carbocycles. The number of carbonyl (C=O) groups is 1. The Bertz CT molecular complexity index is 656. The van der Waals surface area contributed by atoms with Gasteiger partial charge >= 0.3 is 0 Å². The second-order valence-electron chi connectivity index (χ2n) is 5.07. The number of hydrogen-bond acceptors (Lipinski definition) is 6. The third-order valence-corrected chi connectivity index (χ3v) is 4.31. The molecule has 2 aromatic rings. The van der Waals surface area contributed by atoms with Gasteiger partial charge in [0.1, 0.15) is 5.75 Å². The van der Waals surface area contributed by atoms with Crippen molar-refractivity contribution in [2.45, 2.75) is 31.5 Å². The number of thioether (sulfide) groups is 1. The summed E-state index contributed by atoms with van der Waals surface area (Å²) in [6.07, 6.45) is 0.894. The minimum Gasteiger partial charge on any atom is -0.497 e. The quantitative estimate of drug-likeness (QED) is 0.590. The Balaban J connectivity index is 2.02. The summed E-state index contributed by atoms with van der Waals surface area (Å²) in [4.78, 5) is 11.8. The van der Waals surface area contributed by atoms with Crippen LogP contribution < -0.4 is 15.9 Å². The van der Waals surface area contributed by atoms with Gasteiger partial charge in [0.2, 0.25) is 11.1 Å². The average Bonchev–Trinajstić information content (AvgIpc) is 2.93. The van der Waals surface area contributed by atoms with E-state index in [0.29, 0.717) is 11.0 Å². The van der Waals surface area contributed by atoms with Crippen LogP contribution in [0.1, 0.15) is 20.3 Å². The van der Waals surface area contributed by atoms with Gasteiger partial charge in [-0.05, 0) is 37.6 Å². The highest BCUT2D eigenvalue weighted by Gasteiger charge is 2.14. The molecule has 0 radical (unpaired) electrons.